The van der Waals surface area contributed by atoms with Gasteiger partial charge in [-0.25, -0.2) is 0 Å². The minimum absolute atomic E-state index is 0.280. The SMILES string of the molecule is COc1c(C)c(C)cc(CCCCN)c1O. The first-order chi connectivity index (χ1) is 7.61. The molecule has 0 bridgehead atoms. The molecule has 0 unspecified atom stereocenters. The summed E-state index contributed by atoms with van der Waals surface area (Å²) < 4.78 is 5.23. The predicted octanol–water partition coefficient (Wildman–Crippen LogP) is 2.30. The molecule has 90 valence electrons. The third kappa shape index (κ3) is 2.67. The molecule has 1 aromatic rings. The first kappa shape index (κ1) is 12.8. The number of methoxy groups -OCH3 is 1. The van der Waals surface area contributed by atoms with Crippen molar-refractivity contribution in [3.8, 4) is 11.5 Å². The van der Waals surface area contributed by atoms with Crippen LogP contribution in [0.25, 0.3) is 0 Å². The van der Waals surface area contributed by atoms with Gasteiger partial charge in [0.05, 0.1) is 7.11 Å². The Labute approximate surface area is 97.2 Å². The second kappa shape index (κ2) is 5.75. The molecular formula is C13H21NO2. The molecule has 1 rings (SSSR count). The van der Waals surface area contributed by atoms with Crippen molar-refractivity contribution in [2.45, 2.75) is 33.1 Å². The highest BCUT2D eigenvalue weighted by molar-refractivity contribution is 5.54. The lowest BCUT2D eigenvalue weighted by atomic mass is 10.00. The lowest BCUT2D eigenvalue weighted by Crippen LogP contribution is -2.00. The standard InChI is InChI=1S/C13H21NO2/c1-9-8-11(6-4-5-7-14)12(15)13(16-3)10(9)2/h8,15H,4-7,14H2,1-3H3. The molecular weight excluding hydrogens is 202 g/mol. The quantitative estimate of drug-likeness (QED) is 0.753. The van der Waals surface area contributed by atoms with Gasteiger partial charge in [-0.2, -0.15) is 0 Å². The van der Waals surface area contributed by atoms with Crippen LogP contribution in [-0.2, 0) is 6.42 Å². The summed E-state index contributed by atoms with van der Waals surface area (Å²) in [6.07, 6.45) is 2.82. The summed E-state index contributed by atoms with van der Waals surface area (Å²) >= 11 is 0. The number of rotatable bonds is 5. The van der Waals surface area contributed by atoms with Crippen LogP contribution in [-0.4, -0.2) is 18.8 Å². The van der Waals surface area contributed by atoms with Crippen molar-refractivity contribution >= 4 is 0 Å². The minimum Gasteiger partial charge on any atom is -0.504 e. The summed E-state index contributed by atoms with van der Waals surface area (Å²) in [5, 5.41) is 10.0. The molecule has 0 atom stereocenters. The van der Waals surface area contributed by atoms with Crippen LogP contribution in [0, 0.1) is 13.8 Å². The Balaban J connectivity index is 2.96. The number of benzene rings is 1. The second-order valence-electron chi connectivity index (χ2n) is 4.11. The summed E-state index contributed by atoms with van der Waals surface area (Å²) in [7, 11) is 1.59. The highest BCUT2D eigenvalue weighted by atomic mass is 16.5. The molecule has 0 amide bonds. The van der Waals surface area contributed by atoms with E-state index < -0.39 is 0 Å². The Hall–Kier alpha value is -1.22. The van der Waals surface area contributed by atoms with Crippen LogP contribution in [0.4, 0.5) is 0 Å². The first-order valence-corrected chi connectivity index (χ1v) is 5.68. The van der Waals surface area contributed by atoms with Gasteiger partial charge in [0.2, 0.25) is 0 Å². The molecule has 0 radical (unpaired) electrons. The number of phenolic OH excluding ortho intramolecular Hbond substituents is 1. The number of hydrogen-bond acceptors (Lipinski definition) is 3. The molecule has 3 nitrogen and oxygen atoms in total. The van der Waals surface area contributed by atoms with E-state index in [1.54, 1.807) is 7.11 Å². The molecule has 0 aliphatic heterocycles. The number of unbranched alkanes of at least 4 members (excludes halogenated alkanes) is 1. The zero-order valence-corrected chi connectivity index (χ0v) is 10.3. The van der Waals surface area contributed by atoms with Gasteiger partial charge in [0.15, 0.2) is 11.5 Å². The molecule has 3 heteroatoms. The molecule has 1 aromatic carbocycles. The van der Waals surface area contributed by atoms with Crippen molar-refractivity contribution in [1.29, 1.82) is 0 Å². The Bertz CT molecular complexity index is 361. The van der Waals surface area contributed by atoms with Gasteiger partial charge < -0.3 is 15.6 Å². The van der Waals surface area contributed by atoms with Gasteiger partial charge in [0.25, 0.3) is 0 Å². The van der Waals surface area contributed by atoms with Gasteiger partial charge in [-0.3, -0.25) is 0 Å². The fourth-order valence-electron chi connectivity index (χ4n) is 1.84. The average Bonchev–Trinajstić information content (AvgIpc) is 2.26. The summed E-state index contributed by atoms with van der Waals surface area (Å²) in [6.45, 7) is 4.68. The van der Waals surface area contributed by atoms with E-state index in [4.69, 9.17) is 10.5 Å². The maximum Gasteiger partial charge on any atom is 0.163 e. The van der Waals surface area contributed by atoms with Crippen molar-refractivity contribution in [2.75, 3.05) is 13.7 Å². The first-order valence-electron chi connectivity index (χ1n) is 5.68. The summed E-state index contributed by atoms with van der Waals surface area (Å²) in [6, 6.07) is 2.03. The molecule has 0 aromatic heterocycles. The van der Waals surface area contributed by atoms with Gasteiger partial charge in [-0.1, -0.05) is 6.07 Å². The van der Waals surface area contributed by atoms with E-state index in [1.807, 2.05) is 19.9 Å². The average molecular weight is 223 g/mol. The number of nitrogens with two attached hydrogens (primary N) is 1. The molecule has 0 saturated heterocycles. The summed E-state index contributed by atoms with van der Waals surface area (Å²) in [5.74, 6) is 0.880. The largest absolute Gasteiger partial charge is 0.504 e. The third-order valence-corrected chi connectivity index (χ3v) is 2.95. The van der Waals surface area contributed by atoms with Crippen LogP contribution in [0.3, 0.4) is 0 Å². The van der Waals surface area contributed by atoms with Crippen molar-refractivity contribution in [3.63, 3.8) is 0 Å². The Morgan fingerprint density at radius 1 is 1.31 bits per heavy atom. The van der Waals surface area contributed by atoms with E-state index in [9.17, 15) is 5.11 Å². The van der Waals surface area contributed by atoms with Gasteiger partial charge in [0.1, 0.15) is 0 Å². The maximum atomic E-state index is 10.0. The molecule has 0 heterocycles. The zero-order chi connectivity index (χ0) is 12.1. The molecule has 0 spiro atoms. The predicted molar refractivity (Wildman–Crippen MR) is 66.1 cm³/mol. The van der Waals surface area contributed by atoms with Gasteiger partial charge in [-0.15, -0.1) is 0 Å². The fourth-order valence-corrected chi connectivity index (χ4v) is 1.84. The number of aryl methyl sites for hydroxylation is 2. The Kier molecular flexibility index (Phi) is 4.62. The summed E-state index contributed by atoms with van der Waals surface area (Å²) in [5.41, 5.74) is 8.56. The van der Waals surface area contributed by atoms with E-state index in [2.05, 4.69) is 0 Å². The highest BCUT2D eigenvalue weighted by Gasteiger charge is 2.12. The van der Waals surface area contributed by atoms with Crippen LogP contribution in [0.5, 0.6) is 11.5 Å². The minimum atomic E-state index is 0.280. The maximum absolute atomic E-state index is 10.0. The molecule has 0 aliphatic carbocycles. The van der Waals surface area contributed by atoms with E-state index in [0.29, 0.717) is 12.3 Å². The van der Waals surface area contributed by atoms with E-state index in [0.717, 1.165) is 36.0 Å². The molecule has 3 N–H and O–H groups in total. The van der Waals surface area contributed by atoms with Crippen molar-refractivity contribution in [3.05, 3.63) is 22.8 Å². The highest BCUT2D eigenvalue weighted by Crippen LogP contribution is 2.36. The fraction of sp³-hybridized carbons (Fsp3) is 0.538. The topological polar surface area (TPSA) is 55.5 Å². The molecule has 0 saturated carbocycles. The second-order valence-corrected chi connectivity index (χ2v) is 4.11. The van der Waals surface area contributed by atoms with Gasteiger partial charge >= 0.3 is 0 Å². The van der Waals surface area contributed by atoms with Crippen LogP contribution in [0.2, 0.25) is 0 Å². The van der Waals surface area contributed by atoms with Crippen molar-refractivity contribution in [2.24, 2.45) is 5.73 Å². The van der Waals surface area contributed by atoms with Crippen LogP contribution in [0.15, 0.2) is 6.07 Å². The van der Waals surface area contributed by atoms with E-state index >= 15 is 0 Å². The Morgan fingerprint density at radius 3 is 2.56 bits per heavy atom. The lowest BCUT2D eigenvalue weighted by molar-refractivity contribution is 0.367. The summed E-state index contributed by atoms with van der Waals surface area (Å²) in [4.78, 5) is 0. The number of hydrogen-bond donors (Lipinski definition) is 2. The van der Waals surface area contributed by atoms with E-state index in [1.165, 1.54) is 0 Å². The molecule has 16 heavy (non-hydrogen) atoms. The van der Waals surface area contributed by atoms with Gasteiger partial charge in [0, 0.05) is 0 Å². The zero-order valence-electron chi connectivity index (χ0n) is 10.3. The van der Waals surface area contributed by atoms with E-state index in [-0.39, 0.29) is 5.75 Å². The lowest BCUT2D eigenvalue weighted by Gasteiger charge is -2.14. The van der Waals surface area contributed by atoms with Crippen LogP contribution >= 0.6 is 0 Å². The monoisotopic (exact) mass is 223 g/mol. The van der Waals surface area contributed by atoms with Crippen LogP contribution < -0.4 is 10.5 Å². The normalized spacial score (nSPS) is 10.5. The van der Waals surface area contributed by atoms with Crippen molar-refractivity contribution in [1.82, 2.24) is 0 Å². The number of ether oxygens (including phenoxy) is 1. The Morgan fingerprint density at radius 2 is 2.00 bits per heavy atom. The third-order valence-electron chi connectivity index (χ3n) is 2.95. The molecule has 0 fully saturated rings. The van der Waals surface area contributed by atoms with Gasteiger partial charge in [-0.05, 0) is 56.3 Å². The van der Waals surface area contributed by atoms with Crippen molar-refractivity contribution < 1.29 is 9.84 Å². The number of aromatic hydroxyl groups is 1. The number of phenols is 1. The molecule has 0 aliphatic rings. The smallest absolute Gasteiger partial charge is 0.163 e. The van der Waals surface area contributed by atoms with Crippen LogP contribution in [0.1, 0.15) is 29.5 Å².